The maximum absolute atomic E-state index is 10.7. The van der Waals surface area contributed by atoms with Crippen LogP contribution < -0.4 is 5.73 Å². The zero-order valence-corrected chi connectivity index (χ0v) is 10.8. The summed E-state index contributed by atoms with van der Waals surface area (Å²) in [6.45, 7) is 5.94. The third-order valence-electron chi connectivity index (χ3n) is 2.17. The Bertz CT molecular complexity index is 191. The summed E-state index contributed by atoms with van der Waals surface area (Å²) < 4.78 is 0. The van der Waals surface area contributed by atoms with Gasteiger partial charge in [-0.15, -0.1) is 24.8 Å². The minimum absolute atomic E-state index is 0. The van der Waals surface area contributed by atoms with E-state index in [2.05, 4.69) is 6.92 Å². The van der Waals surface area contributed by atoms with Crippen LogP contribution in [-0.2, 0) is 4.79 Å². The molecule has 0 saturated heterocycles. The fourth-order valence-electron chi connectivity index (χ4n) is 1.04. The quantitative estimate of drug-likeness (QED) is 0.583. The fraction of sp³-hybridized carbons (Fsp3) is 0.700. The van der Waals surface area contributed by atoms with Gasteiger partial charge in [-0.05, 0) is 26.7 Å². The Hall–Kier alpha value is -0.210. The molecule has 2 nitrogen and oxygen atoms in total. The van der Waals surface area contributed by atoms with E-state index in [4.69, 9.17) is 5.73 Å². The number of carbonyl (C=O) groups excluding carboxylic acids is 1. The molecule has 1 amide bonds. The van der Waals surface area contributed by atoms with Crippen LogP contribution in [0.25, 0.3) is 0 Å². The molecule has 0 radical (unpaired) electrons. The normalized spacial score (nSPS) is 10.8. The van der Waals surface area contributed by atoms with E-state index in [-0.39, 0.29) is 30.7 Å². The zero-order chi connectivity index (χ0) is 9.56. The van der Waals surface area contributed by atoms with Crippen molar-refractivity contribution < 1.29 is 4.79 Å². The van der Waals surface area contributed by atoms with E-state index in [1.807, 2.05) is 6.92 Å². The first-order chi connectivity index (χ1) is 5.59. The molecule has 0 atom stereocenters. The molecule has 0 aliphatic carbocycles. The molecular formula is C10H21Cl2NO. The molecule has 0 rings (SSSR count). The summed E-state index contributed by atoms with van der Waals surface area (Å²) in [5.41, 5.74) is 7.01. The van der Waals surface area contributed by atoms with Crippen LogP contribution in [0.5, 0.6) is 0 Å². The van der Waals surface area contributed by atoms with Crippen LogP contribution in [0.3, 0.4) is 0 Å². The Labute approximate surface area is 99.1 Å². The highest BCUT2D eigenvalue weighted by Crippen LogP contribution is 2.12. The van der Waals surface area contributed by atoms with Gasteiger partial charge in [0.1, 0.15) is 0 Å². The molecule has 86 valence electrons. The summed E-state index contributed by atoms with van der Waals surface area (Å²) in [6, 6.07) is 0. The van der Waals surface area contributed by atoms with Crippen molar-refractivity contribution in [1.29, 1.82) is 0 Å². The Morgan fingerprint density at radius 2 is 1.64 bits per heavy atom. The summed E-state index contributed by atoms with van der Waals surface area (Å²) in [5.74, 6) is -0.288. The Morgan fingerprint density at radius 3 is 2.00 bits per heavy atom. The molecule has 14 heavy (non-hydrogen) atoms. The lowest BCUT2D eigenvalue weighted by molar-refractivity contribution is -0.114. The summed E-state index contributed by atoms with van der Waals surface area (Å²) in [4.78, 5) is 10.7. The highest BCUT2D eigenvalue weighted by Gasteiger charge is 2.01. The van der Waals surface area contributed by atoms with Gasteiger partial charge in [-0.1, -0.05) is 25.3 Å². The topological polar surface area (TPSA) is 43.1 Å². The molecule has 0 heterocycles. The number of hydrogen-bond acceptors (Lipinski definition) is 1. The van der Waals surface area contributed by atoms with Gasteiger partial charge < -0.3 is 5.73 Å². The second-order valence-corrected chi connectivity index (χ2v) is 3.23. The lowest BCUT2D eigenvalue weighted by atomic mass is 10.0. The first kappa shape index (κ1) is 19.4. The number of nitrogens with two attached hydrogens (primary N) is 1. The third-order valence-corrected chi connectivity index (χ3v) is 2.17. The maximum Gasteiger partial charge on any atom is 0.244 e. The van der Waals surface area contributed by atoms with Crippen LogP contribution in [0.15, 0.2) is 11.1 Å². The molecule has 4 heteroatoms. The molecule has 0 bridgehead atoms. The van der Waals surface area contributed by atoms with E-state index in [0.29, 0.717) is 0 Å². The predicted molar refractivity (Wildman–Crippen MR) is 66.2 cm³/mol. The van der Waals surface area contributed by atoms with Gasteiger partial charge in [0.25, 0.3) is 0 Å². The SMILES string of the molecule is CCCCCC(C)=C(C)C(N)=O.Cl.Cl. The first-order valence-corrected chi connectivity index (χ1v) is 4.55. The second-order valence-electron chi connectivity index (χ2n) is 3.23. The molecular weight excluding hydrogens is 221 g/mol. The van der Waals surface area contributed by atoms with Crippen LogP contribution in [-0.4, -0.2) is 5.91 Å². The average Bonchev–Trinajstić information content (AvgIpc) is 2.03. The number of primary amides is 1. The van der Waals surface area contributed by atoms with Gasteiger partial charge in [0.15, 0.2) is 0 Å². The standard InChI is InChI=1S/C10H19NO.2ClH/c1-4-5-6-7-8(2)9(3)10(11)12;;/h4-7H2,1-3H3,(H2,11,12);2*1H. The number of amides is 1. The number of hydrogen-bond donors (Lipinski definition) is 1. The van der Waals surface area contributed by atoms with Crippen molar-refractivity contribution >= 4 is 30.7 Å². The molecule has 0 aliphatic rings. The highest BCUT2D eigenvalue weighted by molar-refractivity contribution is 5.91. The molecule has 0 aromatic heterocycles. The van der Waals surface area contributed by atoms with Crippen LogP contribution in [0, 0.1) is 0 Å². The molecule has 2 N–H and O–H groups in total. The van der Waals surface area contributed by atoms with Crippen LogP contribution in [0.1, 0.15) is 46.5 Å². The van der Waals surface area contributed by atoms with E-state index in [0.717, 1.165) is 24.0 Å². The van der Waals surface area contributed by atoms with E-state index in [1.165, 1.54) is 12.8 Å². The fourth-order valence-corrected chi connectivity index (χ4v) is 1.04. The van der Waals surface area contributed by atoms with E-state index in [9.17, 15) is 4.79 Å². The molecule has 0 saturated carbocycles. The van der Waals surface area contributed by atoms with E-state index < -0.39 is 0 Å². The maximum atomic E-state index is 10.7. The first-order valence-electron chi connectivity index (χ1n) is 4.55. The number of halogens is 2. The number of carbonyl (C=O) groups is 1. The third kappa shape index (κ3) is 8.39. The minimum Gasteiger partial charge on any atom is -0.366 e. The van der Waals surface area contributed by atoms with Gasteiger partial charge >= 0.3 is 0 Å². The van der Waals surface area contributed by atoms with Crippen molar-refractivity contribution in [3.8, 4) is 0 Å². The lowest BCUT2D eigenvalue weighted by Crippen LogP contribution is -2.13. The van der Waals surface area contributed by atoms with Crippen molar-refractivity contribution in [3.63, 3.8) is 0 Å². The van der Waals surface area contributed by atoms with Crippen LogP contribution >= 0.6 is 24.8 Å². The monoisotopic (exact) mass is 241 g/mol. The highest BCUT2D eigenvalue weighted by atomic mass is 35.5. The van der Waals surface area contributed by atoms with Crippen LogP contribution in [0.2, 0.25) is 0 Å². The summed E-state index contributed by atoms with van der Waals surface area (Å²) >= 11 is 0. The Balaban J connectivity index is -0.000000605. The van der Waals surface area contributed by atoms with Crippen LogP contribution in [0.4, 0.5) is 0 Å². The summed E-state index contributed by atoms with van der Waals surface area (Å²) in [5, 5.41) is 0. The van der Waals surface area contributed by atoms with Crippen molar-refractivity contribution in [2.45, 2.75) is 46.5 Å². The van der Waals surface area contributed by atoms with Crippen molar-refractivity contribution in [2.24, 2.45) is 5.73 Å². The Morgan fingerprint density at radius 1 is 1.14 bits per heavy atom. The predicted octanol–water partition coefficient (Wildman–Crippen LogP) is 3.23. The molecule has 0 aromatic rings. The molecule has 0 aromatic carbocycles. The smallest absolute Gasteiger partial charge is 0.244 e. The molecule has 0 spiro atoms. The van der Waals surface area contributed by atoms with Gasteiger partial charge in [-0.25, -0.2) is 0 Å². The minimum atomic E-state index is -0.288. The van der Waals surface area contributed by atoms with Crippen molar-refractivity contribution in [2.75, 3.05) is 0 Å². The molecule has 0 fully saturated rings. The van der Waals surface area contributed by atoms with E-state index >= 15 is 0 Å². The van der Waals surface area contributed by atoms with Gasteiger partial charge in [-0.2, -0.15) is 0 Å². The number of unbranched alkanes of at least 4 members (excludes halogenated alkanes) is 2. The number of rotatable bonds is 5. The summed E-state index contributed by atoms with van der Waals surface area (Å²) in [6.07, 6.45) is 4.60. The van der Waals surface area contributed by atoms with Gasteiger partial charge in [0.05, 0.1) is 0 Å². The molecule has 0 unspecified atom stereocenters. The van der Waals surface area contributed by atoms with Gasteiger partial charge in [0.2, 0.25) is 5.91 Å². The van der Waals surface area contributed by atoms with Crippen molar-refractivity contribution in [3.05, 3.63) is 11.1 Å². The molecule has 0 aliphatic heterocycles. The Kier molecular flexibility index (Phi) is 15.0. The zero-order valence-electron chi connectivity index (χ0n) is 9.13. The second kappa shape index (κ2) is 10.9. The van der Waals surface area contributed by atoms with Crippen molar-refractivity contribution in [1.82, 2.24) is 0 Å². The van der Waals surface area contributed by atoms with Gasteiger partial charge in [-0.3, -0.25) is 4.79 Å². The lowest BCUT2D eigenvalue weighted by Gasteiger charge is -2.03. The van der Waals surface area contributed by atoms with E-state index in [1.54, 1.807) is 6.92 Å². The largest absolute Gasteiger partial charge is 0.366 e. The van der Waals surface area contributed by atoms with Gasteiger partial charge in [0, 0.05) is 5.57 Å². The number of allylic oxidation sites excluding steroid dienone is 1. The average molecular weight is 242 g/mol. The summed E-state index contributed by atoms with van der Waals surface area (Å²) in [7, 11) is 0.